The minimum atomic E-state index is -0.925. The average molecular weight is 327 g/mol. The molecule has 5 aliphatic carbocycles. The third-order valence-electron chi connectivity index (χ3n) is 6.86. The van der Waals surface area contributed by atoms with Crippen LogP contribution in [0.5, 0.6) is 5.75 Å². The van der Waals surface area contributed by atoms with Gasteiger partial charge in [-0.05, 0) is 75.0 Å². The summed E-state index contributed by atoms with van der Waals surface area (Å²) in [5, 5.41) is 9.53. The van der Waals surface area contributed by atoms with Gasteiger partial charge in [-0.3, -0.25) is 4.98 Å². The van der Waals surface area contributed by atoms with Crippen LogP contribution in [0.25, 0.3) is 0 Å². The molecule has 0 amide bonds. The first-order chi connectivity index (χ1) is 11.6. The molecule has 6 rings (SSSR count). The lowest BCUT2D eigenvalue weighted by atomic mass is 9.50. The molecule has 0 atom stereocenters. The Labute approximate surface area is 142 Å². The largest absolute Gasteiger partial charge is 0.492 e. The van der Waals surface area contributed by atoms with E-state index in [-0.39, 0.29) is 5.56 Å². The van der Waals surface area contributed by atoms with Crippen LogP contribution in [0.4, 0.5) is 0 Å². The molecule has 0 spiro atoms. The van der Waals surface area contributed by atoms with E-state index in [1.54, 1.807) is 0 Å². The van der Waals surface area contributed by atoms with Crippen molar-refractivity contribution in [1.29, 1.82) is 0 Å². The lowest BCUT2D eigenvalue weighted by Gasteiger charge is -2.56. The average Bonchev–Trinajstić information content (AvgIpc) is 3.36. The van der Waals surface area contributed by atoms with E-state index in [1.807, 2.05) is 6.20 Å². The van der Waals surface area contributed by atoms with E-state index in [9.17, 15) is 9.90 Å². The Bertz CT molecular complexity index is 644. The Hall–Kier alpha value is -1.58. The number of hydrogen-bond donors (Lipinski definition) is 1. The smallest absolute Gasteiger partial charge is 0.341 e. The number of rotatable bonds is 5. The maximum Gasteiger partial charge on any atom is 0.341 e. The number of carbonyl (C=O) groups is 1. The summed E-state index contributed by atoms with van der Waals surface area (Å²) in [6.45, 7) is 0.695. The topological polar surface area (TPSA) is 59.4 Å². The molecule has 0 unspecified atom stereocenters. The van der Waals surface area contributed by atoms with Crippen LogP contribution in [0.1, 0.15) is 73.2 Å². The molecule has 5 aliphatic rings. The zero-order chi connectivity index (χ0) is 16.3. The first kappa shape index (κ1) is 14.7. The van der Waals surface area contributed by atoms with Crippen LogP contribution >= 0.6 is 0 Å². The van der Waals surface area contributed by atoms with Gasteiger partial charge in [-0.15, -0.1) is 0 Å². The molecule has 0 radical (unpaired) electrons. The van der Waals surface area contributed by atoms with E-state index >= 15 is 0 Å². The molecule has 4 bridgehead atoms. The van der Waals surface area contributed by atoms with Gasteiger partial charge >= 0.3 is 5.97 Å². The number of hydrogen-bond acceptors (Lipinski definition) is 3. The summed E-state index contributed by atoms with van der Waals surface area (Å²) in [5.41, 5.74) is 1.55. The van der Waals surface area contributed by atoms with E-state index in [1.165, 1.54) is 44.7 Å². The van der Waals surface area contributed by atoms with Crippen LogP contribution in [-0.4, -0.2) is 22.7 Å². The standard InChI is InChI=1S/C20H25NO3/c22-19(23)17-10-21-9-16(15-1-2-15)18(17)24-11-20-6-12-3-13(7-20)5-14(4-12)8-20/h9-10,12-15H,1-8,11H2,(H,22,23). The SMILES string of the molecule is O=C(O)c1cncc(C2CC2)c1OCC12CC3CC(CC(C3)C1)C2. The Kier molecular flexibility index (Phi) is 3.20. The van der Waals surface area contributed by atoms with Gasteiger partial charge in [0.15, 0.2) is 0 Å². The molecule has 1 N–H and O–H groups in total. The maximum atomic E-state index is 11.6. The second kappa shape index (κ2) is 5.21. The van der Waals surface area contributed by atoms with Gasteiger partial charge < -0.3 is 9.84 Å². The molecule has 4 heteroatoms. The van der Waals surface area contributed by atoms with E-state index in [2.05, 4.69) is 4.98 Å². The lowest BCUT2D eigenvalue weighted by molar-refractivity contribution is -0.0747. The van der Waals surface area contributed by atoms with Crippen molar-refractivity contribution in [3.63, 3.8) is 0 Å². The monoisotopic (exact) mass is 327 g/mol. The minimum absolute atomic E-state index is 0.240. The second-order valence-corrected chi connectivity index (χ2v) is 8.89. The molecule has 1 aromatic heterocycles. The number of ether oxygens (including phenoxy) is 1. The van der Waals surface area contributed by atoms with Crippen LogP contribution in [0.2, 0.25) is 0 Å². The Morgan fingerprint density at radius 3 is 2.29 bits per heavy atom. The van der Waals surface area contributed by atoms with Crippen LogP contribution in [0, 0.1) is 23.2 Å². The van der Waals surface area contributed by atoms with Gasteiger partial charge in [0.05, 0.1) is 6.61 Å². The lowest BCUT2D eigenvalue weighted by Crippen LogP contribution is -2.48. The first-order valence-corrected chi connectivity index (χ1v) is 9.46. The van der Waals surface area contributed by atoms with Crippen molar-refractivity contribution < 1.29 is 14.6 Å². The van der Waals surface area contributed by atoms with Crippen molar-refractivity contribution in [2.75, 3.05) is 6.61 Å². The van der Waals surface area contributed by atoms with Gasteiger partial charge in [-0.25, -0.2) is 4.79 Å². The minimum Gasteiger partial charge on any atom is -0.492 e. The van der Waals surface area contributed by atoms with Crippen molar-refractivity contribution in [3.05, 3.63) is 23.5 Å². The van der Waals surface area contributed by atoms with Crippen LogP contribution in [0.15, 0.2) is 12.4 Å². The zero-order valence-electron chi connectivity index (χ0n) is 14.0. The molecule has 24 heavy (non-hydrogen) atoms. The molecular weight excluding hydrogens is 302 g/mol. The number of carboxylic acid groups (broad SMARTS) is 1. The fourth-order valence-corrected chi connectivity index (χ4v) is 6.16. The Balaban J connectivity index is 1.41. The molecular formula is C20H25NO3. The molecule has 128 valence electrons. The van der Waals surface area contributed by atoms with Crippen molar-refractivity contribution in [2.45, 2.75) is 57.3 Å². The van der Waals surface area contributed by atoms with Crippen molar-refractivity contribution in [3.8, 4) is 5.75 Å². The first-order valence-electron chi connectivity index (χ1n) is 9.46. The molecule has 0 aliphatic heterocycles. The van der Waals surface area contributed by atoms with E-state index in [0.29, 0.717) is 23.7 Å². The normalized spacial score (nSPS) is 36.8. The number of nitrogens with zero attached hydrogens (tertiary/aromatic N) is 1. The van der Waals surface area contributed by atoms with Crippen LogP contribution < -0.4 is 4.74 Å². The number of aromatic nitrogens is 1. The van der Waals surface area contributed by atoms with Gasteiger partial charge in [-0.2, -0.15) is 0 Å². The quantitative estimate of drug-likeness (QED) is 0.878. The predicted octanol–water partition coefficient (Wildman–Crippen LogP) is 4.25. The fourth-order valence-electron chi connectivity index (χ4n) is 6.16. The highest BCUT2D eigenvalue weighted by Crippen LogP contribution is 2.60. The number of pyridine rings is 1. The Morgan fingerprint density at radius 2 is 1.75 bits per heavy atom. The third kappa shape index (κ3) is 2.42. The molecule has 1 aromatic rings. The van der Waals surface area contributed by atoms with Gasteiger partial charge in [0.1, 0.15) is 11.3 Å². The van der Waals surface area contributed by atoms with Gasteiger partial charge in [0.25, 0.3) is 0 Å². The second-order valence-electron chi connectivity index (χ2n) is 8.89. The third-order valence-corrected chi connectivity index (χ3v) is 6.86. The summed E-state index contributed by atoms with van der Waals surface area (Å²) in [6, 6.07) is 0. The van der Waals surface area contributed by atoms with Crippen molar-refractivity contribution in [1.82, 2.24) is 4.98 Å². The highest BCUT2D eigenvalue weighted by Gasteiger charge is 2.51. The molecule has 0 aromatic carbocycles. The number of aromatic carboxylic acids is 1. The van der Waals surface area contributed by atoms with E-state index < -0.39 is 5.97 Å². The molecule has 0 saturated heterocycles. The predicted molar refractivity (Wildman–Crippen MR) is 89.3 cm³/mol. The Morgan fingerprint density at radius 1 is 1.12 bits per heavy atom. The summed E-state index contributed by atoms with van der Waals surface area (Å²) < 4.78 is 6.29. The molecule has 4 nitrogen and oxygen atoms in total. The molecule has 1 heterocycles. The van der Waals surface area contributed by atoms with Gasteiger partial charge in [0.2, 0.25) is 0 Å². The van der Waals surface area contributed by atoms with E-state index in [0.717, 1.165) is 36.2 Å². The molecule has 5 fully saturated rings. The fraction of sp³-hybridized carbons (Fsp3) is 0.700. The van der Waals surface area contributed by atoms with Gasteiger partial charge in [0, 0.05) is 23.4 Å². The van der Waals surface area contributed by atoms with Crippen molar-refractivity contribution in [2.24, 2.45) is 23.2 Å². The van der Waals surface area contributed by atoms with Crippen LogP contribution in [0.3, 0.4) is 0 Å². The summed E-state index contributed by atoms with van der Waals surface area (Å²) in [6.07, 6.45) is 13.6. The van der Waals surface area contributed by atoms with Crippen LogP contribution in [-0.2, 0) is 0 Å². The number of carboxylic acids is 1. The van der Waals surface area contributed by atoms with Crippen molar-refractivity contribution >= 4 is 5.97 Å². The zero-order valence-corrected chi connectivity index (χ0v) is 14.0. The highest BCUT2D eigenvalue weighted by atomic mass is 16.5. The van der Waals surface area contributed by atoms with E-state index in [4.69, 9.17) is 4.74 Å². The summed E-state index contributed by atoms with van der Waals surface area (Å²) >= 11 is 0. The summed E-state index contributed by atoms with van der Waals surface area (Å²) in [4.78, 5) is 15.8. The van der Waals surface area contributed by atoms with Gasteiger partial charge in [-0.1, -0.05) is 0 Å². The summed E-state index contributed by atoms with van der Waals surface area (Å²) in [7, 11) is 0. The highest BCUT2D eigenvalue weighted by molar-refractivity contribution is 5.91. The maximum absolute atomic E-state index is 11.6. The summed E-state index contributed by atoms with van der Waals surface area (Å²) in [5.74, 6) is 2.79. The molecule has 5 saturated carbocycles.